The predicted molar refractivity (Wildman–Crippen MR) is 83.5 cm³/mol. The minimum absolute atomic E-state index is 0.246. The predicted octanol–water partition coefficient (Wildman–Crippen LogP) is 1.41. The third-order valence-electron chi connectivity index (χ3n) is 4.75. The summed E-state index contributed by atoms with van der Waals surface area (Å²) in [5, 5.41) is 18.5. The number of aliphatic hydroxyl groups excluding tert-OH is 1. The Hall–Kier alpha value is -1.44. The lowest BCUT2D eigenvalue weighted by atomic mass is 9.92. The number of rotatable bonds is 5. The van der Waals surface area contributed by atoms with E-state index in [1.165, 1.54) is 4.31 Å². The molecule has 0 bridgehead atoms. The first kappa shape index (κ1) is 16.4. The third-order valence-corrected chi connectivity index (χ3v) is 6.72. The van der Waals surface area contributed by atoms with Crippen LogP contribution in [0.4, 0.5) is 0 Å². The zero-order chi connectivity index (χ0) is 16.6. The van der Waals surface area contributed by atoms with Gasteiger partial charge < -0.3 is 10.2 Å². The molecule has 1 aliphatic carbocycles. The highest BCUT2D eigenvalue weighted by Gasteiger charge is 2.37. The van der Waals surface area contributed by atoms with E-state index < -0.39 is 28.0 Å². The number of carboxylic acid groups (broad SMARTS) is 1. The van der Waals surface area contributed by atoms with Crippen LogP contribution in [0.5, 0.6) is 0 Å². The van der Waals surface area contributed by atoms with Gasteiger partial charge in [0.2, 0.25) is 10.0 Å². The number of sulfonamides is 1. The standard InChI is InChI=1S/C16H21NO5S/c18-15(16(19)20)12-7-9-17(10-8-12)23(21,22)14-4-2-1-3-13(14)11-5-6-11/h1-4,11-12,15,18H,5-10H2,(H,19,20). The monoisotopic (exact) mass is 339 g/mol. The van der Waals surface area contributed by atoms with E-state index in [9.17, 15) is 18.3 Å². The van der Waals surface area contributed by atoms with E-state index in [0.717, 1.165) is 18.4 Å². The number of hydrogen-bond donors (Lipinski definition) is 2. The molecule has 2 N–H and O–H groups in total. The summed E-state index contributed by atoms with van der Waals surface area (Å²) in [6.45, 7) is 0.493. The molecule has 1 unspecified atom stereocenters. The van der Waals surface area contributed by atoms with Crippen LogP contribution in [0, 0.1) is 5.92 Å². The number of benzene rings is 1. The summed E-state index contributed by atoms with van der Waals surface area (Å²) in [5.41, 5.74) is 0.889. The maximum atomic E-state index is 12.9. The molecule has 7 heteroatoms. The molecule has 1 aromatic carbocycles. The molecular weight excluding hydrogens is 318 g/mol. The van der Waals surface area contributed by atoms with Crippen molar-refractivity contribution < 1.29 is 23.4 Å². The summed E-state index contributed by atoms with van der Waals surface area (Å²) in [5.74, 6) is -1.30. The van der Waals surface area contributed by atoms with E-state index in [-0.39, 0.29) is 13.1 Å². The van der Waals surface area contributed by atoms with Crippen LogP contribution < -0.4 is 0 Å². The van der Waals surface area contributed by atoms with Crippen LogP contribution in [0.2, 0.25) is 0 Å². The lowest BCUT2D eigenvalue weighted by Gasteiger charge is -2.32. The van der Waals surface area contributed by atoms with Gasteiger partial charge in [-0.3, -0.25) is 0 Å². The molecule has 2 aliphatic rings. The maximum absolute atomic E-state index is 12.9. The topological polar surface area (TPSA) is 94.9 Å². The van der Waals surface area contributed by atoms with Crippen LogP contribution in [0.3, 0.4) is 0 Å². The summed E-state index contributed by atoms with van der Waals surface area (Å²) < 4.78 is 27.2. The largest absolute Gasteiger partial charge is 0.479 e. The Kier molecular flexibility index (Phi) is 4.44. The highest BCUT2D eigenvalue weighted by Crippen LogP contribution is 2.43. The van der Waals surface area contributed by atoms with Crippen molar-refractivity contribution in [2.75, 3.05) is 13.1 Å². The molecule has 126 valence electrons. The molecule has 1 atom stereocenters. The Balaban J connectivity index is 1.76. The van der Waals surface area contributed by atoms with Crippen LogP contribution >= 0.6 is 0 Å². The molecule has 0 spiro atoms. The fraction of sp³-hybridized carbons (Fsp3) is 0.562. The van der Waals surface area contributed by atoms with Gasteiger partial charge in [0.25, 0.3) is 0 Å². The SMILES string of the molecule is O=C(O)C(O)C1CCN(S(=O)(=O)c2ccccc2C2CC2)CC1. The zero-order valence-corrected chi connectivity index (χ0v) is 13.6. The average Bonchev–Trinajstić information content (AvgIpc) is 3.39. The average molecular weight is 339 g/mol. The molecule has 1 saturated carbocycles. The molecule has 2 fully saturated rings. The molecule has 1 saturated heterocycles. The van der Waals surface area contributed by atoms with Crippen LogP contribution in [-0.4, -0.2) is 48.1 Å². The summed E-state index contributed by atoms with van der Waals surface area (Å²) in [6, 6.07) is 7.13. The van der Waals surface area contributed by atoms with Crippen molar-refractivity contribution in [2.24, 2.45) is 5.92 Å². The van der Waals surface area contributed by atoms with Crippen molar-refractivity contribution in [3.05, 3.63) is 29.8 Å². The first-order chi connectivity index (χ1) is 10.9. The molecule has 1 aromatic rings. The van der Waals surface area contributed by atoms with Crippen molar-refractivity contribution in [3.8, 4) is 0 Å². The van der Waals surface area contributed by atoms with Gasteiger partial charge in [-0.25, -0.2) is 13.2 Å². The Bertz CT molecular complexity index is 690. The minimum atomic E-state index is -3.56. The number of aliphatic carboxylic acids is 1. The van der Waals surface area contributed by atoms with Crippen LogP contribution in [-0.2, 0) is 14.8 Å². The van der Waals surface area contributed by atoms with Crippen molar-refractivity contribution in [1.29, 1.82) is 0 Å². The van der Waals surface area contributed by atoms with E-state index in [1.54, 1.807) is 12.1 Å². The summed E-state index contributed by atoms with van der Waals surface area (Å²) in [7, 11) is -3.56. The Morgan fingerprint density at radius 1 is 1.13 bits per heavy atom. The number of piperidine rings is 1. The van der Waals surface area contributed by atoms with Gasteiger partial charge in [-0.05, 0) is 49.1 Å². The van der Waals surface area contributed by atoms with Crippen LogP contribution in [0.25, 0.3) is 0 Å². The minimum Gasteiger partial charge on any atom is -0.479 e. The first-order valence-corrected chi connectivity index (χ1v) is 9.35. The van der Waals surface area contributed by atoms with Gasteiger partial charge in [-0.1, -0.05) is 18.2 Å². The number of carbonyl (C=O) groups is 1. The molecule has 1 aliphatic heterocycles. The fourth-order valence-electron chi connectivity index (χ4n) is 3.22. The molecule has 0 amide bonds. The molecule has 23 heavy (non-hydrogen) atoms. The van der Waals surface area contributed by atoms with Crippen molar-refractivity contribution in [2.45, 2.75) is 42.6 Å². The number of aliphatic hydroxyl groups is 1. The van der Waals surface area contributed by atoms with Gasteiger partial charge in [0, 0.05) is 13.1 Å². The molecule has 0 radical (unpaired) electrons. The van der Waals surface area contributed by atoms with E-state index >= 15 is 0 Å². The van der Waals surface area contributed by atoms with E-state index in [0.29, 0.717) is 23.7 Å². The Morgan fingerprint density at radius 2 is 1.74 bits per heavy atom. The molecule has 0 aromatic heterocycles. The fourth-order valence-corrected chi connectivity index (χ4v) is 4.97. The van der Waals surface area contributed by atoms with Crippen molar-refractivity contribution in [3.63, 3.8) is 0 Å². The number of carboxylic acids is 1. The van der Waals surface area contributed by atoms with Gasteiger partial charge in [0.05, 0.1) is 4.90 Å². The molecule has 1 heterocycles. The lowest BCUT2D eigenvalue weighted by molar-refractivity contribution is -0.150. The van der Waals surface area contributed by atoms with Crippen LogP contribution in [0.1, 0.15) is 37.2 Å². The first-order valence-electron chi connectivity index (χ1n) is 7.91. The van der Waals surface area contributed by atoms with Crippen LogP contribution in [0.15, 0.2) is 29.2 Å². The normalized spacial score (nSPS) is 22.0. The molecule has 3 rings (SSSR count). The third kappa shape index (κ3) is 3.27. The van der Waals surface area contributed by atoms with Gasteiger partial charge >= 0.3 is 5.97 Å². The van der Waals surface area contributed by atoms with Gasteiger partial charge in [-0.15, -0.1) is 0 Å². The number of hydrogen-bond acceptors (Lipinski definition) is 4. The van der Waals surface area contributed by atoms with Gasteiger partial charge in [-0.2, -0.15) is 4.31 Å². The van der Waals surface area contributed by atoms with Gasteiger partial charge in [0.15, 0.2) is 6.10 Å². The highest BCUT2D eigenvalue weighted by molar-refractivity contribution is 7.89. The smallest absolute Gasteiger partial charge is 0.332 e. The van der Waals surface area contributed by atoms with Gasteiger partial charge in [0.1, 0.15) is 0 Å². The molecular formula is C16H21NO5S. The van der Waals surface area contributed by atoms with E-state index in [2.05, 4.69) is 0 Å². The second kappa shape index (κ2) is 6.22. The second-order valence-electron chi connectivity index (χ2n) is 6.34. The summed E-state index contributed by atoms with van der Waals surface area (Å²) in [6.07, 6.45) is 1.36. The lowest BCUT2D eigenvalue weighted by Crippen LogP contribution is -2.43. The maximum Gasteiger partial charge on any atom is 0.332 e. The molecule has 6 nitrogen and oxygen atoms in total. The quantitative estimate of drug-likeness (QED) is 0.846. The van der Waals surface area contributed by atoms with E-state index in [1.807, 2.05) is 12.1 Å². The second-order valence-corrected chi connectivity index (χ2v) is 8.24. The number of nitrogens with zero attached hydrogens (tertiary/aromatic N) is 1. The Labute approximate surface area is 135 Å². The summed E-state index contributed by atoms with van der Waals surface area (Å²) >= 11 is 0. The Morgan fingerprint density at radius 3 is 2.30 bits per heavy atom. The summed E-state index contributed by atoms with van der Waals surface area (Å²) in [4.78, 5) is 11.2. The van der Waals surface area contributed by atoms with Crippen molar-refractivity contribution >= 4 is 16.0 Å². The highest BCUT2D eigenvalue weighted by atomic mass is 32.2. The zero-order valence-electron chi connectivity index (χ0n) is 12.8. The van der Waals surface area contributed by atoms with E-state index in [4.69, 9.17) is 5.11 Å². The van der Waals surface area contributed by atoms with Crippen molar-refractivity contribution in [1.82, 2.24) is 4.31 Å².